The number of aromatic nitrogens is 6. The molecule has 0 spiro atoms. The second-order valence-electron chi connectivity index (χ2n) is 2.11. The van der Waals surface area contributed by atoms with Crippen LogP contribution in [0.1, 0.15) is 0 Å². The summed E-state index contributed by atoms with van der Waals surface area (Å²) >= 11 is 0. The van der Waals surface area contributed by atoms with Gasteiger partial charge in [0.05, 0.1) is 0 Å². The molecule has 1 N–H and O–H groups in total. The first kappa shape index (κ1) is 7.47. The minimum atomic E-state index is -0.481. The van der Waals surface area contributed by atoms with Gasteiger partial charge in [-0.05, 0) is 0 Å². The maximum atomic E-state index is 10.8. The highest BCUT2D eigenvalue weighted by molar-refractivity contribution is 5.39. The Morgan fingerprint density at radius 1 is 1.00 bits per heavy atom. The van der Waals surface area contributed by atoms with Gasteiger partial charge in [-0.1, -0.05) is 0 Å². The van der Waals surface area contributed by atoms with Crippen molar-refractivity contribution < 1.29 is 0 Å². The highest BCUT2D eigenvalue weighted by Crippen LogP contribution is 2.00. The molecule has 2 aromatic rings. The minimum absolute atomic E-state index is 0.280. The van der Waals surface area contributed by atoms with Crippen molar-refractivity contribution in [3.63, 3.8) is 0 Å². The van der Waals surface area contributed by atoms with E-state index in [1.807, 2.05) is 0 Å². The van der Waals surface area contributed by atoms with Crippen molar-refractivity contribution in [3.05, 3.63) is 29.5 Å². The molecule has 2 aromatic heterocycles. The first-order valence-corrected chi connectivity index (χ1v) is 3.40. The third-order valence-corrected chi connectivity index (χ3v) is 1.29. The Hall–Kier alpha value is -2.18. The van der Waals surface area contributed by atoms with Crippen LogP contribution in [0.4, 0.5) is 0 Å². The van der Waals surface area contributed by atoms with E-state index in [-0.39, 0.29) is 5.82 Å². The summed E-state index contributed by atoms with van der Waals surface area (Å²) < 4.78 is 0. The molecule has 2 rings (SSSR count). The molecule has 0 aliphatic rings. The first-order chi connectivity index (χ1) is 6.36. The highest BCUT2D eigenvalue weighted by Gasteiger charge is 2.01. The van der Waals surface area contributed by atoms with E-state index in [9.17, 15) is 4.79 Å². The SMILES string of the molecule is O=c1ncnc(-c2ncncn2)[nH]1. The maximum Gasteiger partial charge on any atom is 0.348 e. The Kier molecular flexibility index (Phi) is 1.75. The van der Waals surface area contributed by atoms with E-state index in [0.29, 0.717) is 5.82 Å². The zero-order valence-electron chi connectivity index (χ0n) is 6.38. The van der Waals surface area contributed by atoms with Crippen LogP contribution in [0.2, 0.25) is 0 Å². The summed E-state index contributed by atoms with van der Waals surface area (Å²) in [6.07, 6.45) is 3.80. The average molecular weight is 176 g/mol. The minimum Gasteiger partial charge on any atom is -0.287 e. The first-order valence-electron chi connectivity index (χ1n) is 3.40. The molecule has 0 amide bonds. The zero-order chi connectivity index (χ0) is 9.10. The molecule has 7 heteroatoms. The summed E-state index contributed by atoms with van der Waals surface area (Å²) in [6.45, 7) is 0. The van der Waals surface area contributed by atoms with Crippen LogP contribution < -0.4 is 5.69 Å². The quantitative estimate of drug-likeness (QED) is 0.599. The molecule has 2 heterocycles. The number of nitrogens with one attached hydrogen (secondary N) is 1. The van der Waals surface area contributed by atoms with Gasteiger partial charge in [0.25, 0.3) is 0 Å². The fraction of sp³-hybridized carbons (Fsp3) is 0. The molecule has 0 atom stereocenters. The molecule has 0 aliphatic carbocycles. The number of aromatic amines is 1. The van der Waals surface area contributed by atoms with E-state index >= 15 is 0 Å². The van der Waals surface area contributed by atoms with E-state index in [0.717, 1.165) is 6.33 Å². The normalized spacial score (nSPS) is 9.85. The van der Waals surface area contributed by atoms with E-state index in [1.54, 1.807) is 0 Å². The number of hydrogen-bond acceptors (Lipinski definition) is 6. The molecule has 7 nitrogen and oxygen atoms in total. The fourth-order valence-electron chi connectivity index (χ4n) is 0.780. The van der Waals surface area contributed by atoms with Crippen molar-refractivity contribution in [2.45, 2.75) is 0 Å². The van der Waals surface area contributed by atoms with Crippen LogP contribution in [0.3, 0.4) is 0 Å². The maximum absolute atomic E-state index is 10.8. The Balaban J connectivity index is 2.54. The monoisotopic (exact) mass is 176 g/mol. The van der Waals surface area contributed by atoms with E-state index < -0.39 is 5.69 Å². The summed E-state index contributed by atoms with van der Waals surface area (Å²) in [5, 5.41) is 0. The van der Waals surface area contributed by atoms with Crippen LogP contribution in [-0.4, -0.2) is 29.9 Å². The van der Waals surface area contributed by atoms with Gasteiger partial charge in [-0.15, -0.1) is 0 Å². The topological polar surface area (TPSA) is 97.3 Å². The Morgan fingerprint density at radius 2 is 1.77 bits per heavy atom. The van der Waals surface area contributed by atoms with Gasteiger partial charge in [-0.25, -0.2) is 24.7 Å². The molecule has 0 unspecified atom stereocenters. The van der Waals surface area contributed by atoms with Gasteiger partial charge in [0.2, 0.25) is 0 Å². The van der Waals surface area contributed by atoms with Crippen molar-refractivity contribution >= 4 is 0 Å². The lowest BCUT2D eigenvalue weighted by molar-refractivity contribution is 0.952. The number of rotatable bonds is 1. The predicted octanol–water partition coefficient (Wildman–Crippen LogP) is -0.983. The lowest BCUT2D eigenvalue weighted by Gasteiger charge is -1.94. The van der Waals surface area contributed by atoms with Gasteiger partial charge < -0.3 is 0 Å². The molecule has 0 radical (unpaired) electrons. The van der Waals surface area contributed by atoms with Gasteiger partial charge in [0.1, 0.15) is 19.0 Å². The van der Waals surface area contributed by atoms with Gasteiger partial charge in [-0.2, -0.15) is 4.98 Å². The smallest absolute Gasteiger partial charge is 0.287 e. The third-order valence-electron chi connectivity index (χ3n) is 1.29. The number of hydrogen-bond donors (Lipinski definition) is 1. The Labute approximate surface area is 72.0 Å². The van der Waals surface area contributed by atoms with Gasteiger partial charge in [0, 0.05) is 0 Å². The molecule has 0 bridgehead atoms. The standard InChI is InChI=1S/C6H4N6O/c13-6-11-3-10-5(12-6)4-8-1-7-2-9-4/h1-3H,(H,10,11,12,13). The lowest BCUT2D eigenvalue weighted by Crippen LogP contribution is -2.12. The second kappa shape index (κ2) is 3.05. The average Bonchev–Trinajstić information content (AvgIpc) is 2.19. The van der Waals surface area contributed by atoms with Gasteiger partial charge in [0.15, 0.2) is 11.6 Å². The van der Waals surface area contributed by atoms with Crippen molar-refractivity contribution in [2.75, 3.05) is 0 Å². The van der Waals surface area contributed by atoms with Crippen molar-refractivity contribution in [2.24, 2.45) is 0 Å². The van der Waals surface area contributed by atoms with Crippen LogP contribution >= 0.6 is 0 Å². The third kappa shape index (κ3) is 1.53. The molecule has 0 saturated heterocycles. The predicted molar refractivity (Wildman–Crippen MR) is 41.5 cm³/mol. The Morgan fingerprint density at radius 3 is 2.46 bits per heavy atom. The van der Waals surface area contributed by atoms with Crippen molar-refractivity contribution in [3.8, 4) is 11.6 Å². The van der Waals surface area contributed by atoms with Crippen molar-refractivity contribution in [1.29, 1.82) is 0 Å². The molecular formula is C6H4N6O. The molecule has 13 heavy (non-hydrogen) atoms. The van der Waals surface area contributed by atoms with Gasteiger partial charge in [-0.3, -0.25) is 4.98 Å². The lowest BCUT2D eigenvalue weighted by atomic mass is 10.5. The largest absolute Gasteiger partial charge is 0.348 e. The summed E-state index contributed by atoms with van der Waals surface area (Å²) in [5.74, 6) is 0.594. The van der Waals surface area contributed by atoms with Crippen LogP contribution in [0.25, 0.3) is 11.6 Å². The fourth-order valence-corrected chi connectivity index (χ4v) is 0.780. The molecular weight excluding hydrogens is 172 g/mol. The van der Waals surface area contributed by atoms with E-state index in [4.69, 9.17) is 0 Å². The molecule has 0 aromatic carbocycles. The Bertz CT molecular complexity index is 452. The zero-order valence-corrected chi connectivity index (χ0v) is 6.38. The van der Waals surface area contributed by atoms with E-state index in [1.165, 1.54) is 12.7 Å². The second-order valence-corrected chi connectivity index (χ2v) is 2.11. The molecule has 0 saturated carbocycles. The van der Waals surface area contributed by atoms with Crippen LogP contribution in [0.5, 0.6) is 0 Å². The number of H-pyrrole nitrogens is 1. The summed E-state index contributed by atoms with van der Waals surface area (Å²) in [5.41, 5.74) is -0.481. The van der Waals surface area contributed by atoms with Crippen molar-refractivity contribution in [1.82, 2.24) is 29.9 Å². The summed E-state index contributed by atoms with van der Waals surface area (Å²) in [7, 11) is 0. The van der Waals surface area contributed by atoms with Crippen LogP contribution in [0, 0.1) is 0 Å². The van der Waals surface area contributed by atoms with Gasteiger partial charge >= 0.3 is 5.69 Å². The molecule has 0 aliphatic heterocycles. The molecule has 64 valence electrons. The highest BCUT2D eigenvalue weighted by atomic mass is 16.1. The summed E-state index contributed by atoms with van der Waals surface area (Å²) in [4.78, 5) is 31.6. The summed E-state index contributed by atoms with van der Waals surface area (Å²) in [6, 6.07) is 0. The van der Waals surface area contributed by atoms with Crippen LogP contribution in [0.15, 0.2) is 23.8 Å². The number of nitrogens with zero attached hydrogens (tertiary/aromatic N) is 5. The van der Waals surface area contributed by atoms with E-state index in [2.05, 4.69) is 29.9 Å². The van der Waals surface area contributed by atoms with Crippen LogP contribution in [-0.2, 0) is 0 Å². The molecule has 0 fully saturated rings.